The Balaban J connectivity index is 1.32. The number of hydrogen-bond donors (Lipinski definition) is 2. The monoisotopic (exact) mass is 451 g/mol. The third-order valence-corrected chi connectivity index (χ3v) is 6.47. The van der Waals surface area contributed by atoms with Crippen LogP contribution in [0.4, 0.5) is 21.9 Å². The van der Waals surface area contributed by atoms with Crippen LogP contribution in [0.25, 0.3) is 0 Å². The van der Waals surface area contributed by atoms with Gasteiger partial charge in [-0.2, -0.15) is 0 Å². The Kier molecular flexibility index (Phi) is 7.34. The van der Waals surface area contributed by atoms with E-state index < -0.39 is 0 Å². The fraction of sp³-hybridized carbons (Fsp3) is 0.440. The first-order chi connectivity index (χ1) is 16.0. The smallest absolute Gasteiger partial charge is 0.321 e. The van der Waals surface area contributed by atoms with E-state index in [-0.39, 0.29) is 17.9 Å². The molecule has 33 heavy (non-hydrogen) atoms. The van der Waals surface area contributed by atoms with Crippen LogP contribution in [0.5, 0.6) is 5.75 Å². The lowest BCUT2D eigenvalue weighted by Crippen LogP contribution is -2.44. The minimum absolute atomic E-state index is 0.0215. The van der Waals surface area contributed by atoms with Crippen LogP contribution in [-0.2, 0) is 4.79 Å². The first-order valence-electron chi connectivity index (χ1n) is 11.6. The molecule has 2 aromatic rings. The second-order valence-electron chi connectivity index (χ2n) is 8.72. The molecule has 0 spiro atoms. The molecule has 2 heterocycles. The SMILES string of the molecule is COc1ccc(NC(=O)N2CCC(C(=O)Nc3ccccc3)CC2)cc1N1CCN(C)CC1. The molecule has 3 amide bonds. The number of anilines is 3. The number of urea groups is 1. The molecule has 0 unspecified atom stereocenters. The van der Waals surface area contributed by atoms with Gasteiger partial charge in [0.2, 0.25) is 5.91 Å². The van der Waals surface area contributed by atoms with Crippen molar-refractivity contribution >= 4 is 29.0 Å². The van der Waals surface area contributed by atoms with Gasteiger partial charge in [-0.05, 0) is 50.2 Å². The number of rotatable bonds is 5. The number of likely N-dealkylation sites (tertiary alicyclic amines) is 1. The van der Waals surface area contributed by atoms with E-state index in [2.05, 4.69) is 27.5 Å². The Morgan fingerprint density at radius 2 is 1.58 bits per heavy atom. The van der Waals surface area contributed by atoms with E-state index in [9.17, 15) is 9.59 Å². The van der Waals surface area contributed by atoms with Crippen molar-refractivity contribution in [3.05, 3.63) is 48.5 Å². The van der Waals surface area contributed by atoms with Crippen molar-refractivity contribution in [2.45, 2.75) is 12.8 Å². The van der Waals surface area contributed by atoms with Gasteiger partial charge in [0.25, 0.3) is 0 Å². The molecule has 0 radical (unpaired) electrons. The number of nitrogens with zero attached hydrogens (tertiary/aromatic N) is 3. The van der Waals surface area contributed by atoms with Gasteiger partial charge >= 0.3 is 6.03 Å². The molecular weight excluding hydrogens is 418 g/mol. The highest BCUT2D eigenvalue weighted by atomic mass is 16.5. The standard InChI is InChI=1S/C25H33N5O3/c1-28-14-16-29(17-15-28)22-18-21(8-9-23(22)33-2)27-25(32)30-12-10-19(11-13-30)24(31)26-20-6-4-3-5-7-20/h3-9,18-19H,10-17H2,1-2H3,(H,26,31)(H,27,32). The maximum Gasteiger partial charge on any atom is 0.321 e. The van der Waals surface area contributed by atoms with E-state index in [4.69, 9.17) is 4.74 Å². The van der Waals surface area contributed by atoms with Crippen molar-refractivity contribution in [1.82, 2.24) is 9.80 Å². The van der Waals surface area contributed by atoms with Gasteiger partial charge in [0, 0.05) is 56.6 Å². The van der Waals surface area contributed by atoms with Crippen molar-refractivity contribution in [2.75, 3.05) is 69.0 Å². The summed E-state index contributed by atoms with van der Waals surface area (Å²) in [6, 6.07) is 15.1. The second kappa shape index (κ2) is 10.6. The van der Waals surface area contributed by atoms with Crippen LogP contribution in [0, 0.1) is 5.92 Å². The summed E-state index contributed by atoms with van der Waals surface area (Å²) < 4.78 is 5.56. The molecule has 0 atom stereocenters. The topological polar surface area (TPSA) is 77.1 Å². The molecule has 0 saturated carbocycles. The lowest BCUT2D eigenvalue weighted by molar-refractivity contribution is -0.121. The van der Waals surface area contributed by atoms with Crippen molar-refractivity contribution in [3.63, 3.8) is 0 Å². The van der Waals surface area contributed by atoms with Gasteiger partial charge in [-0.15, -0.1) is 0 Å². The summed E-state index contributed by atoms with van der Waals surface area (Å²) in [7, 11) is 3.80. The number of para-hydroxylation sites is 1. The van der Waals surface area contributed by atoms with Crippen LogP contribution in [0.3, 0.4) is 0 Å². The molecule has 8 nitrogen and oxygen atoms in total. The molecule has 8 heteroatoms. The van der Waals surface area contributed by atoms with Crippen LogP contribution in [-0.4, -0.2) is 75.2 Å². The van der Waals surface area contributed by atoms with Gasteiger partial charge in [0.05, 0.1) is 12.8 Å². The quantitative estimate of drug-likeness (QED) is 0.729. The maximum atomic E-state index is 12.9. The van der Waals surface area contributed by atoms with E-state index in [1.807, 2.05) is 48.5 Å². The van der Waals surface area contributed by atoms with Crippen molar-refractivity contribution in [1.29, 1.82) is 0 Å². The van der Waals surface area contributed by atoms with Crippen LogP contribution in [0.2, 0.25) is 0 Å². The summed E-state index contributed by atoms with van der Waals surface area (Å²) in [5.41, 5.74) is 2.55. The predicted molar refractivity (Wildman–Crippen MR) is 131 cm³/mol. The summed E-state index contributed by atoms with van der Waals surface area (Å²) in [4.78, 5) is 31.8. The summed E-state index contributed by atoms with van der Waals surface area (Å²) >= 11 is 0. The fourth-order valence-corrected chi connectivity index (χ4v) is 4.38. The van der Waals surface area contributed by atoms with Crippen LogP contribution in [0.1, 0.15) is 12.8 Å². The molecule has 2 aromatic carbocycles. The maximum absolute atomic E-state index is 12.9. The van der Waals surface area contributed by atoms with Gasteiger partial charge in [0.15, 0.2) is 0 Å². The summed E-state index contributed by atoms with van der Waals surface area (Å²) in [6.45, 7) is 4.94. The van der Waals surface area contributed by atoms with Crippen LogP contribution in [0.15, 0.2) is 48.5 Å². The number of carbonyl (C=O) groups is 2. The minimum atomic E-state index is -0.133. The van der Waals surface area contributed by atoms with E-state index >= 15 is 0 Å². The largest absolute Gasteiger partial charge is 0.495 e. The summed E-state index contributed by atoms with van der Waals surface area (Å²) in [5, 5.41) is 6.00. The number of likely N-dealkylation sites (N-methyl/N-ethyl adjacent to an activating group) is 1. The van der Waals surface area contributed by atoms with Gasteiger partial charge in [-0.1, -0.05) is 18.2 Å². The Morgan fingerprint density at radius 3 is 2.24 bits per heavy atom. The second-order valence-corrected chi connectivity index (χ2v) is 8.72. The normalized spacial score (nSPS) is 17.5. The molecule has 2 aliphatic rings. The highest BCUT2D eigenvalue weighted by Gasteiger charge is 2.28. The molecule has 2 N–H and O–H groups in total. The number of piperazine rings is 1. The Hall–Kier alpha value is -3.26. The molecule has 0 aromatic heterocycles. The third kappa shape index (κ3) is 5.76. The molecule has 2 aliphatic heterocycles. The van der Waals surface area contributed by atoms with E-state index in [0.29, 0.717) is 25.9 Å². The van der Waals surface area contributed by atoms with E-state index in [1.54, 1.807) is 12.0 Å². The first-order valence-corrected chi connectivity index (χ1v) is 11.6. The number of methoxy groups -OCH3 is 1. The van der Waals surface area contributed by atoms with Crippen LogP contribution >= 0.6 is 0 Å². The molecule has 0 bridgehead atoms. The molecule has 2 fully saturated rings. The van der Waals surface area contributed by atoms with Gasteiger partial charge in [-0.25, -0.2) is 4.79 Å². The molecule has 4 rings (SSSR count). The number of nitrogens with one attached hydrogen (secondary N) is 2. The zero-order valence-corrected chi connectivity index (χ0v) is 19.4. The zero-order valence-electron chi connectivity index (χ0n) is 19.4. The number of amides is 3. The van der Waals surface area contributed by atoms with E-state index in [1.165, 1.54) is 0 Å². The number of piperidine rings is 1. The van der Waals surface area contributed by atoms with E-state index in [0.717, 1.165) is 49.0 Å². The van der Waals surface area contributed by atoms with Crippen LogP contribution < -0.4 is 20.3 Å². The van der Waals surface area contributed by atoms with Crippen molar-refractivity contribution in [3.8, 4) is 5.75 Å². The average molecular weight is 452 g/mol. The predicted octanol–water partition coefficient (Wildman–Crippen LogP) is 3.33. The average Bonchev–Trinajstić information content (AvgIpc) is 2.85. The molecular formula is C25H33N5O3. The summed E-state index contributed by atoms with van der Waals surface area (Å²) in [5.74, 6) is 0.745. The van der Waals surface area contributed by atoms with Gasteiger partial charge < -0.3 is 30.1 Å². The molecule has 176 valence electrons. The number of carbonyl (C=O) groups excluding carboxylic acids is 2. The summed E-state index contributed by atoms with van der Waals surface area (Å²) in [6.07, 6.45) is 1.31. The molecule has 2 saturated heterocycles. The fourth-order valence-electron chi connectivity index (χ4n) is 4.38. The lowest BCUT2D eigenvalue weighted by atomic mass is 9.96. The lowest BCUT2D eigenvalue weighted by Gasteiger charge is -2.35. The van der Waals surface area contributed by atoms with Crippen molar-refractivity contribution < 1.29 is 14.3 Å². The number of hydrogen-bond acceptors (Lipinski definition) is 5. The highest BCUT2D eigenvalue weighted by Crippen LogP contribution is 2.32. The Labute approximate surface area is 195 Å². The number of ether oxygens (including phenoxy) is 1. The minimum Gasteiger partial charge on any atom is -0.495 e. The number of benzene rings is 2. The van der Waals surface area contributed by atoms with Gasteiger partial charge in [-0.3, -0.25) is 4.79 Å². The van der Waals surface area contributed by atoms with Gasteiger partial charge in [0.1, 0.15) is 5.75 Å². The zero-order chi connectivity index (χ0) is 23.2. The Bertz CT molecular complexity index is 952. The molecule has 0 aliphatic carbocycles. The third-order valence-electron chi connectivity index (χ3n) is 6.47. The Morgan fingerprint density at radius 1 is 0.879 bits per heavy atom. The van der Waals surface area contributed by atoms with Crippen molar-refractivity contribution in [2.24, 2.45) is 5.92 Å². The first kappa shape index (κ1) is 22.9. The highest BCUT2D eigenvalue weighted by molar-refractivity contribution is 5.93.